The molecule has 2 atom stereocenters. The molecule has 0 radical (unpaired) electrons. The van der Waals surface area contributed by atoms with E-state index in [0.717, 1.165) is 12.2 Å². The number of methoxy groups -OCH3 is 1. The summed E-state index contributed by atoms with van der Waals surface area (Å²) in [5.41, 5.74) is 2.94. The molecule has 0 amide bonds. The second kappa shape index (κ2) is 15.3. The van der Waals surface area contributed by atoms with Crippen LogP contribution in [0.3, 0.4) is 0 Å². The summed E-state index contributed by atoms with van der Waals surface area (Å²) < 4.78 is 10.4. The van der Waals surface area contributed by atoms with Crippen LogP contribution in [0.5, 0.6) is 0 Å². The highest BCUT2D eigenvalue weighted by Gasteiger charge is 2.45. The van der Waals surface area contributed by atoms with Crippen LogP contribution in [0.1, 0.15) is 63.9 Å². The number of unbranched alkanes of at least 4 members (excludes halogenated alkanes) is 2. The zero-order chi connectivity index (χ0) is 31.6. The van der Waals surface area contributed by atoms with Crippen LogP contribution < -0.4 is 5.73 Å². The molecule has 1 unspecified atom stereocenters. The number of carbonyl (C=O) groups is 5. The molecule has 1 aromatic carbocycles. The number of hydrogen-bond donors (Lipinski definition) is 4. The Labute approximate surface area is 247 Å². The zero-order valence-electron chi connectivity index (χ0n) is 23.6. The topological polar surface area (TPSA) is 203 Å². The van der Waals surface area contributed by atoms with E-state index in [2.05, 4.69) is 0 Å². The van der Waals surface area contributed by atoms with E-state index in [1.165, 1.54) is 6.92 Å². The van der Waals surface area contributed by atoms with Crippen molar-refractivity contribution in [2.45, 2.75) is 63.9 Å². The maximum atomic E-state index is 13.6. The predicted molar refractivity (Wildman–Crippen MR) is 147 cm³/mol. The molecule has 230 valence electrons. The minimum absolute atomic E-state index is 0.0130. The fourth-order valence-corrected chi connectivity index (χ4v) is 4.84. The lowest BCUT2D eigenvalue weighted by Crippen LogP contribution is -2.44. The van der Waals surface area contributed by atoms with Crippen molar-refractivity contribution >= 4 is 41.4 Å². The van der Waals surface area contributed by atoms with Gasteiger partial charge in [0, 0.05) is 5.02 Å². The lowest BCUT2D eigenvalue weighted by molar-refractivity contribution is -0.188. The maximum absolute atomic E-state index is 13.6. The molecule has 14 heteroatoms. The number of hydrogen-bond acceptors (Lipinski definition) is 11. The monoisotopic (exact) mass is 610 g/mol. The van der Waals surface area contributed by atoms with Crippen LogP contribution in [0, 0.1) is 0 Å². The Morgan fingerprint density at radius 3 is 2.24 bits per heavy atom. The van der Waals surface area contributed by atoms with Crippen molar-refractivity contribution in [3.8, 4) is 0 Å². The number of carbonyl (C=O) groups excluding carboxylic acids is 3. The molecule has 0 saturated carbocycles. The summed E-state index contributed by atoms with van der Waals surface area (Å²) in [6.07, 6.45) is -0.694. The van der Waals surface area contributed by atoms with Gasteiger partial charge in [0.05, 0.1) is 55.0 Å². The zero-order valence-corrected chi connectivity index (χ0v) is 24.3. The molecule has 2 rings (SSSR count). The molecule has 1 aromatic rings. The molecule has 0 fully saturated rings. The number of nitrogens with zero attached hydrogens (tertiary/aromatic N) is 1. The minimum atomic E-state index is -2.99. The van der Waals surface area contributed by atoms with Gasteiger partial charge in [0.2, 0.25) is 0 Å². The number of halogens is 1. The number of hydroxylamine groups is 2. The van der Waals surface area contributed by atoms with E-state index in [-0.39, 0.29) is 40.6 Å². The largest absolute Gasteiger partial charge is 0.481 e. The number of carboxylic acid groups (broad SMARTS) is 2. The van der Waals surface area contributed by atoms with Crippen molar-refractivity contribution in [3.63, 3.8) is 0 Å². The number of aliphatic hydroxyl groups is 1. The summed E-state index contributed by atoms with van der Waals surface area (Å²) in [4.78, 5) is 68.1. The van der Waals surface area contributed by atoms with Gasteiger partial charge in [-0.1, -0.05) is 36.2 Å². The molecule has 0 saturated heterocycles. The second-order valence-electron chi connectivity index (χ2n) is 9.47. The van der Waals surface area contributed by atoms with Crippen molar-refractivity contribution in [2.24, 2.45) is 5.73 Å². The molecule has 1 heterocycles. The number of benzene rings is 1. The molecule has 42 heavy (non-hydrogen) atoms. The summed E-state index contributed by atoms with van der Waals surface area (Å²) in [5.74, 6) is -7.78. The quantitative estimate of drug-likeness (QED) is 0.167. The van der Waals surface area contributed by atoms with E-state index in [1.807, 2.05) is 0 Å². The average Bonchev–Trinajstić information content (AvgIpc) is 2.91. The smallest absolute Gasteiger partial charge is 0.336 e. The van der Waals surface area contributed by atoms with Gasteiger partial charge < -0.3 is 35.4 Å². The summed E-state index contributed by atoms with van der Waals surface area (Å²) >= 11 is 6.53. The number of esters is 2. The Hall–Kier alpha value is -3.94. The number of nitrogens with two attached hydrogens (primary N) is 1. The van der Waals surface area contributed by atoms with Crippen molar-refractivity contribution < 1.29 is 53.6 Å². The van der Waals surface area contributed by atoms with Crippen LogP contribution in [0.25, 0.3) is 0 Å². The summed E-state index contributed by atoms with van der Waals surface area (Å²) in [5, 5.41) is 30.0. The highest BCUT2D eigenvalue weighted by molar-refractivity contribution is 6.31. The third-order valence-corrected chi connectivity index (χ3v) is 6.88. The first-order valence-corrected chi connectivity index (χ1v) is 13.5. The average molecular weight is 611 g/mol. The SMILES string of the molecule is CCOC(=O)C1=C(CCCCCN)N(OC(=O)CC(O)(CC(=O)O)C(=O)O)C(C)=C(C(=O)OC)[C@@H]1c1ccccc1Cl. The molecular formula is C28H35ClN2O11. The third-order valence-electron chi connectivity index (χ3n) is 6.53. The summed E-state index contributed by atoms with van der Waals surface area (Å²) in [6.45, 7) is 3.39. The number of rotatable bonds is 15. The van der Waals surface area contributed by atoms with Gasteiger partial charge in [-0.25, -0.2) is 19.2 Å². The number of carboxylic acids is 2. The fourth-order valence-electron chi connectivity index (χ4n) is 4.59. The second-order valence-corrected chi connectivity index (χ2v) is 9.87. The van der Waals surface area contributed by atoms with Gasteiger partial charge in [-0.2, -0.15) is 5.06 Å². The maximum Gasteiger partial charge on any atom is 0.336 e. The first-order chi connectivity index (χ1) is 19.8. The highest BCUT2D eigenvalue weighted by Crippen LogP contribution is 2.46. The molecular weight excluding hydrogens is 576 g/mol. The van der Waals surface area contributed by atoms with Crippen molar-refractivity contribution in [3.05, 3.63) is 57.4 Å². The Morgan fingerprint density at radius 2 is 1.69 bits per heavy atom. The molecule has 0 spiro atoms. The van der Waals surface area contributed by atoms with Crippen molar-refractivity contribution in [1.29, 1.82) is 0 Å². The molecule has 1 aliphatic heterocycles. The predicted octanol–water partition coefficient (Wildman–Crippen LogP) is 2.66. The van der Waals surface area contributed by atoms with Crippen molar-refractivity contribution in [2.75, 3.05) is 20.3 Å². The minimum Gasteiger partial charge on any atom is -0.481 e. The molecule has 5 N–H and O–H groups in total. The van der Waals surface area contributed by atoms with Gasteiger partial charge in [0.15, 0.2) is 5.60 Å². The van der Waals surface area contributed by atoms with Gasteiger partial charge in [-0.3, -0.25) is 4.79 Å². The lowest BCUT2D eigenvalue weighted by atomic mass is 9.79. The van der Waals surface area contributed by atoms with Crippen LogP contribution in [-0.2, 0) is 38.3 Å². The standard InChI is InChI=1S/C28H35ClN2O11/c1-4-41-26(36)24-19(12-6-5-9-13-30)31(42-21(34)15-28(39,27(37)38)14-20(32)33)16(2)22(25(35)40-3)23(24)17-10-7-8-11-18(17)29/h7-8,10-11,23,39H,4-6,9,12-15,30H2,1-3H3,(H,32,33)(H,37,38)/t23-,28?/m0/s1. The lowest BCUT2D eigenvalue weighted by Gasteiger charge is -2.37. The number of allylic oxidation sites excluding steroid dienone is 2. The van der Waals surface area contributed by atoms with Crippen LogP contribution in [0.2, 0.25) is 5.02 Å². The van der Waals surface area contributed by atoms with Gasteiger partial charge in [-0.05, 0) is 51.3 Å². The van der Waals surface area contributed by atoms with Gasteiger partial charge in [0.1, 0.15) is 0 Å². The van der Waals surface area contributed by atoms with E-state index in [4.69, 9.17) is 36.8 Å². The fraction of sp³-hybridized carbons (Fsp3) is 0.464. The van der Waals surface area contributed by atoms with Crippen LogP contribution in [0.4, 0.5) is 0 Å². The molecule has 0 aliphatic carbocycles. The summed E-state index contributed by atoms with van der Waals surface area (Å²) in [6, 6.07) is 6.53. The van der Waals surface area contributed by atoms with E-state index < -0.39 is 54.2 Å². The Kier molecular flexibility index (Phi) is 12.5. The van der Waals surface area contributed by atoms with Crippen LogP contribution >= 0.6 is 11.6 Å². The molecule has 13 nitrogen and oxygen atoms in total. The van der Waals surface area contributed by atoms with E-state index in [0.29, 0.717) is 31.4 Å². The Bertz CT molecular complexity index is 1280. The molecule has 1 aliphatic rings. The number of ether oxygens (including phenoxy) is 2. The number of aliphatic carboxylic acids is 2. The van der Waals surface area contributed by atoms with E-state index >= 15 is 0 Å². The Morgan fingerprint density at radius 1 is 1.02 bits per heavy atom. The van der Waals surface area contributed by atoms with Crippen molar-refractivity contribution in [1.82, 2.24) is 5.06 Å². The van der Waals surface area contributed by atoms with Gasteiger partial charge in [0.25, 0.3) is 0 Å². The summed E-state index contributed by atoms with van der Waals surface area (Å²) in [7, 11) is 1.12. The molecule has 0 aromatic heterocycles. The third kappa shape index (κ3) is 8.08. The first-order valence-electron chi connectivity index (χ1n) is 13.1. The normalized spacial score (nSPS) is 16.5. The Balaban J connectivity index is 2.80. The van der Waals surface area contributed by atoms with Gasteiger partial charge in [-0.15, -0.1) is 0 Å². The van der Waals surface area contributed by atoms with Crippen LogP contribution in [0.15, 0.2) is 46.8 Å². The highest BCUT2D eigenvalue weighted by atomic mass is 35.5. The molecule has 0 bridgehead atoms. The van der Waals surface area contributed by atoms with Crippen LogP contribution in [-0.4, -0.2) is 76.1 Å². The first kappa shape index (κ1) is 34.3. The van der Waals surface area contributed by atoms with Gasteiger partial charge >= 0.3 is 29.8 Å². The van der Waals surface area contributed by atoms with E-state index in [9.17, 15) is 34.2 Å². The van der Waals surface area contributed by atoms with E-state index in [1.54, 1.807) is 31.2 Å².